The average molecular weight is 346 g/mol. The van der Waals surface area contributed by atoms with Crippen molar-refractivity contribution in [3.8, 4) is 0 Å². The summed E-state index contributed by atoms with van der Waals surface area (Å²) in [4.78, 5) is 25.7. The van der Waals surface area contributed by atoms with E-state index in [1.54, 1.807) is 0 Å². The molecule has 2 unspecified atom stereocenters. The van der Waals surface area contributed by atoms with E-state index in [1.807, 2.05) is 18.7 Å². The van der Waals surface area contributed by atoms with Crippen molar-refractivity contribution < 1.29 is 9.59 Å². The fraction of sp³-hybridized carbons (Fsp3) is 0.882. The summed E-state index contributed by atoms with van der Waals surface area (Å²) < 4.78 is 0. The number of halogens is 1. The molecule has 2 saturated heterocycles. The molecular formula is C17H32ClN3O2. The third kappa shape index (κ3) is 6.30. The summed E-state index contributed by atoms with van der Waals surface area (Å²) in [6, 6.07) is 1.28. The van der Waals surface area contributed by atoms with Crippen LogP contribution in [0.5, 0.6) is 0 Å². The summed E-state index contributed by atoms with van der Waals surface area (Å²) in [7, 11) is 0. The highest BCUT2D eigenvalue weighted by molar-refractivity contribution is 5.85. The van der Waals surface area contributed by atoms with Crippen molar-refractivity contribution in [2.45, 2.75) is 70.9 Å². The normalized spacial score (nSPS) is 25.6. The standard InChI is InChI=1S/C17H31N3O2.ClH/c1-3-20(4-2)17(22)6-5-9-18-16(21)12-13-10-14-7-8-15(11-13)19-14;/h13-15,19H,3-12H2,1-2H3,(H,18,21);1H. The van der Waals surface area contributed by atoms with Crippen molar-refractivity contribution >= 4 is 24.2 Å². The second kappa shape index (κ2) is 10.1. The molecule has 23 heavy (non-hydrogen) atoms. The Labute approximate surface area is 146 Å². The lowest BCUT2D eigenvalue weighted by atomic mass is 9.89. The third-order valence-corrected chi connectivity index (χ3v) is 5.05. The number of fused-ring (bicyclic) bond motifs is 2. The summed E-state index contributed by atoms with van der Waals surface area (Å²) >= 11 is 0. The van der Waals surface area contributed by atoms with Crippen molar-refractivity contribution in [3.05, 3.63) is 0 Å². The van der Waals surface area contributed by atoms with Crippen LogP contribution in [0.25, 0.3) is 0 Å². The molecule has 2 aliphatic rings. The first kappa shape index (κ1) is 20.2. The molecule has 2 bridgehead atoms. The minimum Gasteiger partial charge on any atom is -0.356 e. The van der Waals surface area contributed by atoms with E-state index >= 15 is 0 Å². The van der Waals surface area contributed by atoms with E-state index in [9.17, 15) is 9.59 Å². The van der Waals surface area contributed by atoms with Gasteiger partial charge in [-0.3, -0.25) is 9.59 Å². The van der Waals surface area contributed by atoms with Gasteiger partial charge < -0.3 is 15.5 Å². The highest BCUT2D eigenvalue weighted by Crippen LogP contribution is 2.32. The quantitative estimate of drug-likeness (QED) is 0.662. The highest BCUT2D eigenvalue weighted by atomic mass is 35.5. The summed E-state index contributed by atoms with van der Waals surface area (Å²) in [6.07, 6.45) is 6.75. The molecule has 2 atom stereocenters. The molecule has 0 aromatic heterocycles. The van der Waals surface area contributed by atoms with Gasteiger partial charge in [0.15, 0.2) is 0 Å². The lowest BCUT2D eigenvalue weighted by Crippen LogP contribution is -2.39. The molecule has 2 N–H and O–H groups in total. The van der Waals surface area contributed by atoms with Crippen molar-refractivity contribution in [3.63, 3.8) is 0 Å². The first-order chi connectivity index (χ1) is 10.6. The van der Waals surface area contributed by atoms with Gasteiger partial charge in [0.25, 0.3) is 0 Å². The van der Waals surface area contributed by atoms with Crippen LogP contribution in [0.1, 0.15) is 58.8 Å². The monoisotopic (exact) mass is 345 g/mol. The zero-order chi connectivity index (χ0) is 15.9. The van der Waals surface area contributed by atoms with Crippen molar-refractivity contribution in [2.24, 2.45) is 5.92 Å². The van der Waals surface area contributed by atoms with Gasteiger partial charge in [-0.1, -0.05) is 0 Å². The van der Waals surface area contributed by atoms with Crippen molar-refractivity contribution in [1.29, 1.82) is 0 Å². The van der Waals surface area contributed by atoms with Crippen molar-refractivity contribution in [1.82, 2.24) is 15.5 Å². The van der Waals surface area contributed by atoms with Crippen LogP contribution >= 0.6 is 12.4 Å². The van der Waals surface area contributed by atoms with Crippen LogP contribution in [0.2, 0.25) is 0 Å². The van der Waals surface area contributed by atoms with Gasteiger partial charge >= 0.3 is 0 Å². The summed E-state index contributed by atoms with van der Waals surface area (Å²) in [6.45, 7) is 6.13. The Morgan fingerprint density at radius 2 is 1.74 bits per heavy atom. The van der Waals surface area contributed by atoms with Gasteiger partial charge in [0.2, 0.25) is 11.8 Å². The van der Waals surface area contributed by atoms with E-state index in [0.717, 1.165) is 32.4 Å². The maximum atomic E-state index is 12.0. The van der Waals surface area contributed by atoms with Gasteiger partial charge in [-0.05, 0) is 51.9 Å². The van der Waals surface area contributed by atoms with Gasteiger partial charge in [-0.25, -0.2) is 0 Å². The Morgan fingerprint density at radius 1 is 1.13 bits per heavy atom. The minimum absolute atomic E-state index is 0. The molecule has 2 amide bonds. The van der Waals surface area contributed by atoms with E-state index in [2.05, 4.69) is 10.6 Å². The Bertz CT molecular complexity index is 376. The fourth-order valence-electron chi connectivity index (χ4n) is 3.88. The van der Waals surface area contributed by atoms with Crippen LogP contribution < -0.4 is 10.6 Å². The number of carbonyl (C=O) groups is 2. The Balaban J connectivity index is 0.00000264. The summed E-state index contributed by atoms with van der Waals surface area (Å²) in [5.74, 6) is 0.881. The summed E-state index contributed by atoms with van der Waals surface area (Å²) in [5, 5.41) is 6.59. The molecule has 134 valence electrons. The Morgan fingerprint density at radius 3 is 2.30 bits per heavy atom. The molecule has 0 spiro atoms. The zero-order valence-corrected chi connectivity index (χ0v) is 15.3. The maximum absolute atomic E-state index is 12.0. The average Bonchev–Trinajstić information content (AvgIpc) is 2.84. The predicted molar refractivity (Wildman–Crippen MR) is 94.7 cm³/mol. The number of piperidine rings is 1. The predicted octanol–water partition coefficient (Wildman–Crippen LogP) is 2.09. The number of hydrogen-bond donors (Lipinski definition) is 2. The molecule has 5 nitrogen and oxygen atoms in total. The molecule has 2 heterocycles. The molecule has 0 aromatic rings. The van der Waals surface area contributed by atoms with Crippen LogP contribution in [-0.4, -0.2) is 48.4 Å². The highest BCUT2D eigenvalue weighted by Gasteiger charge is 2.34. The van der Waals surface area contributed by atoms with Crippen LogP contribution in [-0.2, 0) is 9.59 Å². The van der Waals surface area contributed by atoms with E-state index in [1.165, 1.54) is 12.8 Å². The van der Waals surface area contributed by atoms with Crippen LogP contribution in [0, 0.1) is 5.92 Å². The molecular weight excluding hydrogens is 314 g/mol. The summed E-state index contributed by atoms with van der Waals surface area (Å²) in [5.41, 5.74) is 0. The molecule has 2 fully saturated rings. The van der Waals surface area contributed by atoms with Gasteiger partial charge in [-0.15, -0.1) is 12.4 Å². The number of nitrogens with zero attached hydrogens (tertiary/aromatic N) is 1. The molecule has 2 aliphatic heterocycles. The second-order valence-corrected chi connectivity index (χ2v) is 6.70. The van der Waals surface area contributed by atoms with Crippen molar-refractivity contribution in [2.75, 3.05) is 19.6 Å². The first-order valence-electron chi connectivity index (χ1n) is 8.92. The van der Waals surface area contributed by atoms with E-state index in [4.69, 9.17) is 0 Å². The van der Waals surface area contributed by atoms with E-state index in [0.29, 0.717) is 37.4 Å². The van der Waals surface area contributed by atoms with Gasteiger partial charge in [-0.2, -0.15) is 0 Å². The smallest absolute Gasteiger partial charge is 0.222 e. The largest absolute Gasteiger partial charge is 0.356 e. The molecule has 2 rings (SSSR count). The number of hydrogen-bond acceptors (Lipinski definition) is 3. The third-order valence-electron chi connectivity index (χ3n) is 5.05. The zero-order valence-electron chi connectivity index (χ0n) is 14.5. The molecule has 0 aliphatic carbocycles. The van der Waals surface area contributed by atoms with Gasteiger partial charge in [0, 0.05) is 44.6 Å². The SMILES string of the molecule is CCN(CC)C(=O)CCCNC(=O)CC1CC2CCC(C1)N2.Cl. The molecule has 0 saturated carbocycles. The lowest BCUT2D eigenvalue weighted by Gasteiger charge is -2.28. The fourth-order valence-corrected chi connectivity index (χ4v) is 3.88. The maximum Gasteiger partial charge on any atom is 0.222 e. The number of carbonyl (C=O) groups excluding carboxylic acids is 2. The van der Waals surface area contributed by atoms with Crippen LogP contribution in [0.3, 0.4) is 0 Å². The number of rotatable bonds is 8. The van der Waals surface area contributed by atoms with E-state index < -0.39 is 0 Å². The molecule has 0 radical (unpaired) electrons. The number of nitrogens with one attached hydrogen (secondary N) is 2. The molecule has 0 aromatic carbocycles. The van der Waals surface area contributed by atoms with E-state index in [-0.39, 0.29) is 24.2 Å². The van der Waals surface area contributed by atoms with Crippen LogP contribution in [0.15, 0.2) is 0 Å². The number of amides is 2. The van der Waals surface area contributed by atoms with Gasteiger partial charge in [0.1, 0.15) is 0 Å². The van der Waals surface area contributed by atoms with Gasteiger partial charge in [0.05, 0.1) is 0 Å². The Hall–Kier alpha value is -0.810. The first-order valence-corrected chi connectivity index (χ1v) is 8.92. The topological polar surface area (TPSA) is 61.4 Å². The lowest BCUT2D eigenvalue weighted by molar-refractivity contribution is -0.131. The Kier molecular flexibility index (Phi) is 8.92. The van der Waals surface area contributed by atoms with Crippen LogP contribution in [0.4, 0.5) is 0 Å². The molecule has 6 heteroatoms. The second-order valence-electron chi connectivity index (χ2n) is 6.70. The minimum atomic E-state index is 0.